The van der Waals surface area contributed by atoms with Crippen LogP contribution in [0.15, 0.2) is 61.1 Å². The third-order valence-corrected chi connectivity index (χ3v) is 5.21. The van der Waals surface area contributed by atoms with Crippen LogP contribution in [0.4, 0.5) is 0 Å². The number of primary amides is 1. The summed E-state index contributed by atoms with van der Waals surface area (Å²) in [6, 6.07) is 5.76. The molecule has 2 unspecified atom stereocenters. The Balaban J connectivity index is 1.91. The average molecular weight is 374 g/mol. The van der Waals surface area contributed by atoms with Crippen molar-refractivity contribution in [3.8, 4) is 11.3 Å². The molecule has 0 saturated carbocycles. The van der Waals surface area contributed by atoms with Crippen molar-refractivity contribution in [1.82, 2.24) is 25.0 Å². The van der Waals surface area contributed by atoms with Gasteiger partial charge in [0.1, 0.15) is 5.69 Å². The first-order valence-electron chi connectivity index (χ1n) is 9.11. The van der Waals surface area contributed by atoms with Crippen LogP contribution in [0.1, 0.15) is 41.0 Å². The number of aromatic nitrogens is 5. The van der Waals surface area contributed by atoms with E-state index in [0.29, 0.717) is 5.69 Å². The fraction of sp³-hybridized carbons (Fsp3) is 0.238. The van der Waals surface area contributed by atoms with Crippen molar-refractivity contribution in [2.24, 2.45) is 18.2 Å². The fourth-order valence-electron chi connectivity index (χ4n) is 3.85. The standard InChI is InChI=1S/C21H22N6O/c1-21(7-4-3-5-8-21)19(16-6-9-23-26-16)14-10-17(15-12-24-27(2)13-15)25-18(11-14)20(22)28/h3-7,9-13,19H,8H2,1-2H3,(H2,22,28)(H,23,26). The highest BCUT2D eigenvalue weighted by Gasteiger charge is 2.36. The van der Waals surface area contributed by atoms with Gasteiger partial charge in [-0.2, -0.15) is 10.2 Å². The van der Waals surface area contributed by atoms with E-state index in [2.05, 4.69) is 45.4 Å². The summed E-state index contributed by atoms with van der Waals surface area (Å²) in [6.45, 7) is 2.20. The molecule has 142 valence electrons. The molecule has 3 N–H and O–H groups in total. The van der Waals surface area contributed by atoms with Crippen molar-refractivity contribution in [3.63, 3.8) is 0 Å². The van der Waals surface area contributed by atoms with Gasteiger partial charge in [-0.25, -0.2) is 4.98 Å². The van der Waals surface area contributed by atoms with E-state index in [1.807, 2.05) is 31.5 Å². The van der Waals surface area contributed by atoms with Gasteiger partial charge in [0, 0.05) is 42.0 Å². The lowest BCUT2D eigenvalue weighted by Crippen LogP contribution is -2.26. The Bertz CT molecular complexity index is 1060. The lowest BCUT2D eigenvalue weighted by atomic mass is 9.68. The zero-order chi connectivity index (χ0) is 19.7. The van der Waals surface area contributed by atoms with Gasteiger partial charge in [0.2, 0.25) is 0 Å². The number of pyridine rings is 1. The van der Waals surface area contributed by atoms with Gasteiger partial charge in [0.05, 0.1) is 11.9 Å². The number of amides is 1. The molecule has 1 amide bonds. The molecule has 7 heteroatoms. The molecule has 7 nitrogen and oxygen atoms in total. The van der Waals surface area contributed by atoms with Crippen molar-refractivity contribution in [1.29, 1.82) is 0 Å². The molecule has 0 aliphatic heterocycles. The molecule has 0 spiro atoms. The maximum Gasteiger partial charge on any atom is 0.267 e. The number of carbonyl (C=O) groups is 1. The second kappa shape index (κ2) is 6.92. The largest absolute Gasteiger partial charge is 0.364 e. The number of aromatic amines is 1. The summed E-state index contributed by atoms with van der Waals surface area (Å²) in [5.41, 5.74) is 9.07. The summed E-state index contributed by atoms with van der Waals surface area (Å²) in [5, 5.41) is 11.5. The molecule has 0 bridgehead atoms. The van der Waals surface area contributed by atoms with Crippen molar-refractivity contribution in [2.45, 2.75) is 19.3 Å². The normalized spacial score (nSPS) is 19.6. The topological polar surface area (TPSA) is 102 Å². The molecule has 2 atom stereocenters. The Morgan fingerprint density at radius 1 is 1.36 bits per heavy atom. The zero-order valence-electron chi connectivity index (χ0n) is 15.8. The predicted octanol–water partition coefficient (Wildman–Crippen LogP) is 2.96. The van der Waals surface area contributed by atoms with E-state index in [4.69, 9.17) is 5.73 Å². The van der Waals surface area contributed by atoms with Crippen LogP contribution in [0.25, 0.3) is 11.3 Å². The number of H-pyrrole nitrogens is 1. The summed E-state index contributed by atoms with van der Waals surface area (Å²) in [6.07, 6.45) is 14.7. The molecule has 0 saturated heterocycles. The molecule has 1 aliphatic carbocycles. The van der Waals surface area contributed by atoms with E-state index < -0.39 is 5.91 Å². The van der Waals surface area contributed by atoms with E-state index >= 15 is 0 Å². The van der Waals surface area contributed by atoms with Crippen LogP contribution in [-0.4, -0.2) is 30.9 Å². The summed E-state index contributed by atoms with van der Waals surface area (Å²) < 4.78 is 1.70. The Kier molecular flexibility index (Phi) is 4.43. The number of aryl methyl sites for hydroxylation is 1. The maximum absolute atomic E-state index is 12.0. The minimum absolute atomic E-state index is 0.0484. The quantitative estimate of drug-likeness (QED) is 0.716. The van der Waals surface area contributed by atoms with E-state index in [0.717, 1.165) is 23.2 Å². The van der Waals surface area contributed by atoms with Gasteiger partial charge in [-0.15, -0.1) is 0 Å². The zero-order valence-corrected chi connectivity index (χ0v) is 15.8. The molecule has 3 aromatic rings. The van der Waals surface area contributed by atoms with Crippen LogP contribution in [0.2, 0.25) is 0 Å². The van der Waals surface area contributed by atoms with Crippen molar-refractivity contribution in [2.75, 3.05) is 0 Å². The molecule has 0 radical (unpaired) electrons. The number of rotatable bonds is 5. The third-order valence-electron chi connectivity index (χ3n) is 5.21. The SMILES string of the molecule is Cn1cc(-c2cc(C(c3ccn[nH]3)C3(C)C=CC=CC3)cc(C(N)=O)n2)cn1. The number of nitrogens with two attached hydrogens (primary N) is 1. The van der Waals surface area contributed by atoms with Gasteiger partial charge in [-0.05, 0) is 30.2 Å². The Labute approximate surface area is 163 Å². The number of carbonyl (C=O) groups excluding carboxylic acids is 1. The molecule has 0 fully saturated rings. The molecule has 0 aromatic carbocycles. The molecule has 1 aliphatic rings. The van der Waals surface area contributed by atoms with Crippen LogP contribution in [0, 0.1) is 5.41 Å². The molecular formula is C21H22N6O. The summed E-state index contributed by atoms with van der Waals surface area (Å²) in [7, 11) is 1.84. The number of hydrogen-bond acceptors (Lipinski definition) is 4. The maximum atomic E-state index is 12.0. The number of nitrogens with zero attached hydrogens (tertiary/aromatic N) is 4. The van der Waals surface area contributed by atoms with Crippen molar-refractivity contribution in [3.05, 3.63) is 78.0 Å². The third kappa shape index (κ3) is 3.26. The number of hydrogen-bond donors (Lipinski definition) is 2. The minimum atomic E-state index is -0.556. The second-order valence-corrected chi connectivity index (χ2v) is 7.38. The Morgan fingerprint density at radius 3 is 2.82 bits per heavy atom. The summed E-state index contributed by atoms with van der Waals surface area (Å²) >= 11 is 0. The van der Waals surface area contributed by atoms with Gasteiger partial charge in [-0.1, -0.05) is 31.2 Å². The molecular weight excluding hydrogens is 352 g/mol. The van der Waals surface area contributed by atoms with Crippen LogP contribution in [0.3, 0.4) is 0 Å². The second-order valence-electron chi connectivity index (χ2n) is 7.38. The number of allylic oxidation sites excluding steroid dienone is 4. The van der Waals surface area contributed by atoms with Crippen LogP contribution >= 0.6 is 0 Å². The smallest absolute Gasteiger partial charge is 0.267 e. The summed E-state index contributed by atoms with van der Waals surface area (Å²) in [4.78, 5) is 16.5. The first-order chi connectivity index (χ1) is 13.5. The highest BCUT2D eigenvalue weighted by molar-refractivity contribution is 5.91. The first kappa shape index (κ1) is 17.9. The van der Waals surface area contributed by atoms with Gasteiger partial charge in [-0.3, -0.25) is 14.6 Å². The lowest BCUT2D eigenvalue weighted by molar-refractivity contribution is 0.0995. The van der Waals surface area contributed by atoms with Crippen molar-refractivity contribution >= 4 is 5.91 Å². The van der Waals surface area contributed by atoms with Gasteiger partial charge >= 0.3 is 0 Å². The Morgan fingerprint density at radius 2 is 2.21 bits per heavy atom. The van der Waals surface area contributed by atoms with E-state index in [-0.39, 0.29) is 17.0 Å². The highest BCUT2D eigenvalue weighted by Crippen LogP contribution is 2.46. The van der Waals surface area contributed by atoms with Crippen LogP contribution in [-0.2, 0) is 7.05 Å². The Hall–Kier alpha value is -3.48. The van der Waals surface area contributed by atoms with Gasteiger partial charge < -0.3 is 5.73 Å². The molecule has 28 heavy (non-hydrogen) atoms. The minimum Gasteiger partial charge on any atom is -0.364 e. The molecule has 4 rings (SSSR count). The van der Waals surface area contributed by atoms with Crippen LogP contribution < -0.4 is 5.73 Å². The van der Waals surface area contributed by atoms with Gasteiger partial charge in [0.25, 0.3) is 5.91 Å². The number of nitrogens with one attached hydrogen (secondary N) is 1. The van der Waals surface area contributed by atoms with E-state index in [9.17, 15) is 4.79 Å². The monoisotopic (exact) mass is 374 g/mol. The predicted molar refractivity (Wildman–Crippen MR) is 106 cm³/mol. The van der Waals surface area contributed by atoms with Crippen molar-refractivity contribution < 1.29 is 4.79 Å². The van der Waals surface area contributed by atoms with E-state index in [1.165, 1.54) is 0 Å². The molecule has 3 heterocycles. The molecule has 3 aromatic heterocycles. The summed E-state index contributed by atoms with van der Waals surface area (Å²) in [5.74, 6) is -0.604. The van der Waals surface area contributed by atoms with Crippen LogP contribution in [0.5, 0.6) is 0 Å². The van der Waals surface area contributed by atoms with E-state index in [1.54, 1.807) is 23.1 Å². The average Bonchev–Trinajstić information content (AvgIpc) is 3.34. The lowest BCUT2D eigenvalue weighted by Gasteiger charge is -2.36. The first-order valence-corrected chi connectivity index (χ1v) is 9.11. The highest BCUT2D eigenvalue weighted by atomic mass is 16.1. The van der Waals surface area contributed by atoms with Gasteiger partial charge in [0.15, 0.2) is 0 Å². The fourth-order valence-corrected chi connectivity index (χ4v) is 3.85.